The number of nitrogens with zero attached hydrogens (tertiary/aromatic N) is 2. The summed E-state index contributed by atoms with van der Waals surface area (Å²) in [6.07, 6.45) is 2.10. The van der Waals surface area contributed by atoms with Crippen LogP contribution < -0.4 is 4.72 Å². The van der Waals surface area contributed by atoms with E-state index in [1.807, 2.05) is 20.9 Å². The van der Waals surface area contributed by atoms with E-state index in [4.69, 9.17) is 0 Å². The minimum Gasteiger partial charge on any atom is -0.345 e. The lowest BCUT2D eigenvalue weighted by Crippen LogP contribution is -2.44. The van der Waals surface area contributed by atoms with Crippen molar-refractivity contribution < 1.29 is 8.42 Å². The fourth-order valence-electron chi connectivity index (χ4n) is 0.995. The highest BCUT2D eigenvalue weighted by molar-refractivity contribution is 7.89. The molecule has 0 radical (unpaired) electrons. The summed E-state index contributed by atoms with van der Waals surface area (Å²) < 4.78 is 24.0. The maximum absolute atomic E-state index is 10.8. The van der Waals surface area contributed by atoms with Gasteiger partial charge in [-0.3, -0.25) is 9.71 Å². The molecule has 1 aliphatic rings. The van der Waals surface area contributed by atoms with Gasteiger partial charge in [0.1, 0.15) is 0 Å². The summed E-state index contributed by atoms with van der Waals surface area (Å²) in [6.45, 7) is 5.55. The van der Waals surface area contributed by atoms with Gasteiger partial charge in [-0.05, 0) is 6.42 Å². The van der Waals surface area contributed by atoms with Crippen LogP contribution in [0, 0.1) is 0 Å². The van der Waals surface area contributed by atoms with Gasteiger partial charge in [0, 0.05) is 20.1 Å². The van der Waals surface area contributed by atoms with Crippen molar-refractivity contribution in [3.05, 3.63) is 0 Å². The summed E-state index contributed by atoms with van der Waals surface area (Å²) in [5.74, 6) is 0.448. The van der Waals surface area contributed by atoms with E-state index in [0.29, 0.717) is 12.5 Å². The largest absolute Gasteiger partial charge is 0.345 e. The van der Waals surface area contributed by atoms with E-state index in [1.165, 1.54) is 0 Å². The standard InChI is InChI=1S/C6H13N3O2S.C2H6/c1-9-5-3-4-7-6(9)8-12(2,10)11;1-2/h3-5H2,1-2H3,(H,7,8);1-2H3. The van der Waals surface area contributed by atoms with Gasteiger partial charge >= 0.3 is 0 Å². The van der Waals surface area contributed by atoms with Crippen molar-refractivity contribution in [2.24, 2.45) is 4.99 Å². The Morgan fingerprint density at radius 2 is 2.00 bits per heavy atom. The van der Waals surface area contributed by atoms with Gasteiger partial charge in [-0.2, -0.15) is 0 Å². The first-order valence-corrected chi connectivity index (χ1v) is 6.61. The Kier molecular flexibility index (Phi) is 5.52. The summed E-state index contributed by atoms with van der Waals surface area (Å²) >= 11 is 0. The van der Waals surface area contributed by atoms with Crippen LogP contribution in [0.2, 0.25) is 0 Å². The van der Waals surface area contributed by atoms with Crippen LogP contribution >= 0.6 is 0 Å². The number of nitrogens with one attached hydrogen (secondary N) is 1. The predicted octanol–water partition coefficient (Wildman–Crippen LogP) is 0.253. The van der Waals surface area contributed by atoms with Gasteiger partial charge in [-0.15, -0.1) is 0 Å². The molecule has 0 aromatic carbocycles. The lowest BCUT2D eigenvalue weighted by Gasteiger charge is -2.24. The molecule has 0 aromatic heterocycles. The third-order valence-electron chi connectivity index (χ3n) is 1.55. The van der Waals surface area contributed by atoms with Crippen LogP contribution in [0.3, 0.4) is 0 Å². The third kappa shape index (κ3) is 5.06. The first-order chi connectivity index (χ1) is 6.49. The van der Waals surface area contributed by atoms with Crippen molar-refractivity contribution >= 4 is 16.0 Å². The Balaban J connectivity index is 0.000000791. The molecule has 0 spiro atoms. The molecule has 0 aliphatic carbocycles. The van der Waals surface area contributed by atoms with Gasteiger partial charge in [0.25, 0.3) is 0 Å². The molecule has 0 bridgehead atoms. The highest BCUT2D eigenvalue weighted by Gasteiger charge is 2.13. The quantitative estimate of drug-likeness (QED) is 0.690. The van der Waals surface area contributed by atoms with E-state index in [2.05, 4.69) is 9.71 Å². The zero-order valence-corrected chi connectivity index (χ0v) is 10.1. The Labute approximate surface area is 86.3 Å². The Morgan fingerprint density at radius 3 is 2.43 bits per heavy atom. The van der Waals surface area contributed by atoms with Crippen LogP contribution in [-0.4, -0.2) is 45.7 Å². The fourth-order valence-corrected chi connectivity index (χ4v) is 1.55. The van der Waals surface area contributed by atoms with Crippen molar-refractivity contribution in [1.29, 1.82) is 0 Å². The molecule has 0 saturated heterocycles. The first-order valence-electron chi connectivity index (χ1n) is 4.72. The van der Waals surface area contributed by atoms with Gasteiger partial charge in [0.05, 0.1) is 6.26 Å². The van der Waals surface area contributed by atoms with E-state index < -0.39 is 10.0 Å². The summed E-state index contributed by atoms with van der Waals surface area (Å²) in [6, 6.07) is 0. The van der Waals surface area contributed by atoms with Crippen molar-refractivity contribution in [2.75, 3.05) is 26.4 Å². The highest BCUT2D eigenvalue weighted by atomic mass is 32.2. The molecule has 6 heteroatoms. The molecule has 1 heterocycles. The molecule has 0 fully saturated rings. The SMILES string of the molecule is CC.CN1CCCN=C1NS(C)(=O)=O. The molecule has 1 aliphatic heterocycles. The number of guanidine groups is 1. The maximum Gasteiger partial charge on any atom is 0.232 e. The van der Waals surface area contributed by atoms with Crippen LogP contribution in [-0.2, 0) is 10.0 Å². The lowest BCUT2D eigenvalue weighted by molar-refractivity contribution is 0.455. The van der Waals surface area contributed by atoms with E-state index >= 15 is 0 Å². The first kappa shape index (κ1) is 13.2. The number of hydrogen-bond acceptors (Lipinski definition) is 4. The molecule has 14 heavy (non-hydrogen) atoms. The van der Waals surface area contributed by atoms with E-state index in [-0.39, 0.29) is 0 Å². The summed E-state index contributed by atoms with van der Waals surface area (Å²) in [5.41, 5.74) is 0. The monoisotopic (exact) mass is 221 g/mol. The third-order valence-corrected chi connectivity index (χ3v) is 2.10. The van der Waals surface area contributed by atoms with Crippen molar-refractivity contribution in [1.82, 2.24) is 9.62 Å². The number of aliphatic imine (C=N–C) groups is 1. The smallest absolute Gasteiger partial charge is 0.232 e. The molecule has 0 atom stereocenters. The molecule has 5 nitrogen and oxygen atoms in total. The van der Waals surface area contributed by atoms with Gasteiger partial charge < -0.3 is 4.90 Å². The lowest BCUT2D eigenvalue weighted by atomic mass is 10.4. The Morgan fingerprint density at radius 1 is 1.43 bits per heavy atom. The molecule has 0 amide bonds. The summed E-state index contributed by atoms with van der Waals surface area (Å²) in [7, 11) is -1.36. The highest BCUT2D eigenvalue weighted by Crippen LogP contribution is 1.98. The second kappa shape index (κ2) is 5.85. The van der Waals surface area contributed by atoms with E-state index in [9.17, 15) is 8.42 Å². The maximum atomic E-state index is 10.8. The van der Waals surface area contributed by atoms with Crippen LogP contribution in [0.25, 0.3) is 0 Å². The van der Waals surface area contributed by atoms with Gasteiger partial charge in [-0.1, -0.05) is 13.8 Å². The fraction of sp³-hybridized carbons (Fsp3) is 0.875. The van der Waals surface area contributed by atoms with Gasteiger partial charge in [0.2, 0.25) is 16.0 Å². The summed E-state index contributed by atoms with van der Waals surface area (Å²) in [5, 5.41) is 0. The molecule has 0 saturated carbocycles. The molecule has 84 valence electrons. The second-order valence-corrected chi connectivity index (χ2v) is 4.60. The van der Waals surface area contributed by atoms with Crippen molar-refractivity contribution in [3.63, 3.8) is 0 Å². The van der Waals surface area contributed by atoms with E-state index in [0.717, 1.165) is 19.2 Å². The van der Waals surface area contributed by atoms with Gasteiger partial charge in [-0.25, -0.2) is 8.42 Å². The van der Waals surface area contributed by atoms with Crippen molar-refractivity contribution in [2.45, 2.75) is 20.3 Å². The zero-order chi connectivity index (χ0) is 11.2. The Bertz CT molecular complexity index is 285. The second-order valence-electron chi connectivity index (χ2n) is 2.85. The van der Waals surface area contributed by atoms with Crippen LogP contribution in [0.1, 0.15) is 20.3 Å². The zero-order valence-electron chi connectivity index (χ0n) is 9.24. The van der Waals surface area contributed by atoms with Crippen LogP contribution in [0.15, 0.2) is 4.99 Å². The predicted molar refractivity (Wildman–Crippen MR) is 58.9 cm³/mol. The molecular weight excluding hydrogens is 202 g/mol. The molecule has 1 N–H and O–H groups in total. The minimum absolute atomic E-state index is 0.448. The molecule has 0 aromatic rings. The average molecular weight is 221 g/mol. The van der Waals surface area contributed by atoms with Gasteiger partial charge in [0.15, 0.2) is 0 Å². The van der Waals surface area contributed by atoms with E-state index in [1.54, 1.807) is 4.90 Å². The van der Waals surface area contributed by atoms with Crippen LogP contribution in [0.4, 0.5) is 0 Å². The average Bonchev–Trinajstić information content (AvgIpc) is 2.10. The minimum atomic E-state index is -3.18. The topological polar surface area (TPSA) is 61.8 Å². The number of hydrogen-bond donors (Lipinski definition) is 1. The molecule has 1 rings (SSSR count). The number of rotatable bonds is 1. The molecule has 0 unspecified atom stereocenters. The normalized spacial score (nSPS) is 16.6. The Hall–Kier alpha value is -0.780. The molecular formula is C8H19N3O2S. The number of sulfonamides is 1. The van der Waals surface area contributed by atoms with Crippen molar-refractivity contribution in [3.8, 4) is 0 Å². The summed E-state index contributed by atoms with van der Waals surface area (Å²) in [4.78, 5) is 5.84. The van der Waals surface area contributed by atoms with Crippen LogP contribution in [0.5, 0.6) is 0 Å².